The molecule has 5 rings (SSSR count). The first-order valence-electron chi connectivity index (χ1n) is 13.3. The van der Waals surface area contributed by atoms with Crippen molar-refractivity contribution < 1.29 is 14.7 Å². The van der Waals surface area contributed by atoms with Crippen molar-refractivity contribution in [1.29, 1.82) is 0 Å². The molecule has 0 radical (unpaired) electrons. The number of likely N-dealkylation sites (N-methyl/N-ethyl adjacent to an activating group) is 1. The quantitative estimate of drug-likeness (QED) is 0.491. The van der Waals surface area contributed by atoms with Gasteiger partial charge in [0.2, 0.25) is 5.91 Å². The summed E-state index contributed by atoms with van der Waals surface area (Å²) in [6.07, 6.45) is 7.89. The number of amides is 1. The van der Waals surface area contributed by atoms with Crippen LogP contribution in [0.4, 0.5) is 0 Å². The van der Waals surface area contributed by atoms with Crippen molar-refractivity contribution in [3.05, 3.63) is 59.7 Å². The number of benzene rings is 2. The van der Waals surface area contributed by atoms with Crippen molar-refractivity contribution in [2.45, 2.75) is 63.5 Å². The number of piperidine rings is 1. The number of carbonyl (C=O) groups excluding carboxylic acids is 1. The van der Waals surface area contributed by atoms with E-state index in [4.69, 9.17) is 0 Å². The number of carbonyl (C=O) groups is 2. The highest BCUT2D eigenvalue weighted by atomic mass is 16.4. The van der Waals surface area contributed by atoms with Crippen LogP contribution in [0.25, 0.3) is 22.2 Å². The first-order valence-corrected chi connectivity index (χ1v) is 13.3. The summed E-state index contributed by atoms with van der Waals surface area (Å²) in [6.45, 7) is 2.20. The maximum Gasteiger partial charge on any atom is 0.335 e. The summed E-state index contributed by atoms with van der Waals surface area (Å²) in [5, 5.41) is 10.8. The molecular weight excluding hydrogens is 450 g/mol. The highest BCUT2D eigenvalue weighted by Gasteiger charge is 2.29. The van der Waals surface area contributed by atoms with Gasteiger partial charge in [0.15, 0.2) is 0 Å². The van der Waals surface area contributed by atoms with E-state index in [0.29, 0.717) is 5.92 Å². The Hall–Kier alpha value is -3.12. The molecule has 1 saturated carbocycles. The smallest absolute Gasteiger partial charge is 0.335 e. The van der Waals surface area contributed by atoms with E-state index < -0.39 is 5.97 Å². The summed E-state index contributed by atoms with van der Waals surface area (Å²) in [5.41, 5.74) is 4.54. The van der Waals surface area contributed by atoms with Gasteiger partial charge in [0.05, 0.1) is 16.8 Å². The number of fused-ring (bicyclic) bond motifs is 1. The molecule has 36 heavy (non-hydrogen) atoms. The van der Waals surface area contributed by atoms with Gasteiger partial charge in [0.25, 0.3) is 0 Å². The fourth-order valence-electron chi connectivity index (χ4n) is 6.22. The largest absolute Gasteiger partial charge is 0.478 e. The summed E-state index contributed by atoms with van der Waals surface area (Å²) >= 11 is 0. The van der Waals surface area contributed by atoms with Gasteiger partial charge in [0, 0.05) is 18.5 Å². The molecule has 2 fully saturated rings. The van der Waals surface area contributed by atoms with E-state index in [2.05, 4.69) is 28.6 Å². The lowest BCUT2D eigenvalue weighted by Gasteiger charge is -2.35. The first kappa shape index (κ1) is 24.6. The molecule has 1 amide bonds. The van der Waals surface area contributed by atoms with Crippen molar-refractivity contribution in [2.75, 3.05) is 27.2 Å². The number of aromatic carboxylic acids is 1. The first-order chi connectivity index (χ1) is 17.4. The Balaban J connectivity index is 1.64. The molecule has 3 aromatic rings. The highest BCUT2D eigenvalue weighted by molar-refractivity contribution is 5.99. The van der Waals surface area contributed by atoms with Crippen molar-refractivity contribution in [1.82, 2.24) is 14.4 Å². The zero-order valence-electron chi connectivity index (χ0n) is 21.4. The maximum absolute atomic E-state index is 13.7. The van der Waals surface area contributed by atoms with Crippen LogP contribution < -0.4 is 0 Å². The molecule has 6 heteroatoms. The fourth-order valence-corrected chi connectivity index (χ4v) is 6.22. The molecule has 1 saturated heterocycles. The number of hydrogen-bond donors (Lipinski definition) is 1. The van der Waals surface area contributed by atoms with Crippen LogP contribution in [0.1, 0.15) is 66.8 Å². The molecular formula is C30H37N3O3. The Morgan fingerprint density at radius 2 is 1.67 bits per heavy atom. The lowest BCUT2D eigenvalue weighted by molar-refractivity contribution is -0.133. The van der Waals surface area contributed by atoms with E-state index in [1.807, 2.05) is 36.2 Å². The number of carboxylic acids is 1. The molecule has 0 bridgehead atoms. The van der Waals surface area contributed by atoms with Gasteiger partial charge in [-0.15, -0.1) is 0 Å². The van der Waals surface area contributed by atoms with Gasteiger partial charge < -0.3 is 19.5 Å². The van der Waals surface area contributed by atoms with Crippen molar-refractivity contribution in [3.8, 4) is 11.3 Å². The van der Waals surface area contributed by atoms with Crippen LogP contribution >= 0.6 is 0 Å². The van der Waals surface area contributed by atoms with Gasteiger partial charge in [-0.05, 0) is 75.0 Å². The van der Waals surface area contributed by atoms with Crippen LogP contribution in [-0.2, 0) is 11.3 Å². The molecule has 1 aliphatic heterocycles. The number of carboxylic acid groups (broad SMARTS) is 1. The molecule has 0 spiro atoms. The Bertz CT molecular complexity index is 1240. The van der Waals surface area contributed by atoms with Crippen molar-refractivity contribution in [3.63, 3.8) is 0 Å². The second-order valence-corrected chi connectivity index (χ2v) is 10.6. The number of nitrogens with zero attached hydrogens (tertiary/aromatic N) is 3. The van der Waals surface area contributed by atoms with Gasteiger partial charge >= 0.3 is 5.97 Å². The van der Waals surface area contributed by atoms with Crippen molar-refractivity contribution >= 4 is 22.8 Å². The van der Waals surface area contributed by atoms with E-state index in [0.717, 1.165) is 60.9 Å². The third-order valence-corrected chi connectivity index (χ3v) is 8.33. The Kier molecular flexibility index (Phi) is 7.15. The van der Waals surface area contributed by atoms with E-state index >= 15 is 0 Å². The van der Waals surface area contributed by atoms with Crippen LogP contribution in [0.2, 0.25) is 0 Å². The zero-order valence-corrected chi connectivity index (χ0v) is 21.4. The molecule has 2 aromatic carbocycles. The van der Waals surface area contributed by atoms with Crippen LogP contribution in [0.15, 0.2) is 48.5 Å². The lowest BCUT2D eigenvalue weighted by Crippen LogP contribution is -2.45. The van der Waals surface area contributed by atoms with Gasteiger partial charge in [-0.3, -0.25) is 4.79 Å². The molecule has 1 aliphatic carbocycles. The topological polar surface area (TPSA) is 65.8 Å². The van der Waals surface area contributed by atoms with Gasteiger partial charge in [-0.2, -0.15) is 0 Å². The van der Waals surface area contributed by atoms with Gasteiger partial charge in [0.1, 0.15) is 6.54 Å². The molecule has 0 unspecified atom stereocenters. The van der Waals surface area contributed by atoms with Crippen LogP contribution in [0.3, 0.4) is 0 Å². The number of likely N-dealkylation sites (tertiary alicyclic amines) is 1. The predicted molar refractivity (Wildman–Crippen MR) is 143 cm³/mol. The van der Waals surface area contributed by atoms with E-state index in [1.54, 1.807) is 12.1 Å². The maximum atomic E-state index is 13.7. The fraction of sp³-hybridized carbons (Fsp3) is 0.467. The van der Waals surface area contributed by atoms with E-state index in [-0.39, 0.29) is 24.1 Å². The second-order valence-electron chi connectivity index (χ2n) is 10.6. The predicted octanol–water partition coefficient (Wildman–Crippen LogP) is 5.61. The third kappa shape index (κ3) is 4.79. The molecule has 1 aromatic heterocycles. The summed E-state index contributed by atoms with van der Waals surface area (Å²) in [6, 6.07) is 16.0. The Morgan fingerprint density at radius 3 is 2.33 bits per heavy atom. The summed E-state index contributed by atoms with van der Waals surface area (Å²) in [4.78, 5) is 29.8. The minimum atomic E-state index is -0.945. The zero-order chi connectivity index (χ0) is 25.2. The van der Waals surface area contributed by atoms with Crippen LogP contribution in [-0.4, -0.2) is 64.6 Å². The summed E-state index contributed by atoms with van der Waals surface area (Å²) < 4.78 is 2.11. The van der Waals surface area contributed by atoms with Gasteiger partial charge in [-0.1, -0.05) is 55.7 Å². The van der Waals surface area contributed by atoms with Crippen LogP contribution in [0, 0.1) is 0 Å². The average molecular weight is 488 g/mol. The molecule has 2 aliphatic rings. The Labute approximate surface area is 213 Å². The minimum Gasteiger partial charge on any atom is -0.478 e. The lowest BCUT2D eigenvalue weighted by atomic mass is 9.82. The number of rotatable bonds is 6. The summed E-state index contributed by atoms with van der Waals surface area (Å²) in [5.74, 6) is -0.454. The Morgan fingerprint density at radius 1 is 0.972 bits per heavy atom. The number of aromatic nitrogens is 1. The normalized spacial score (nSPS) is 17.9. The van der Waals surface area contributed by atoms with Crippen LogP contribution in [0.5, 0.6) is 0 Å². The van der Waals surface area contributed by atoms with Gasteiger partial charge in [-0.25, -0.2) is 4.79 Å². The van der Waals surface area contributed by atoms with E-state index in [1.165, 1.54) is 24.8 Å². The second kappa shape index (κ2) is 10.5. The molecule has 190 valence electrons. The summed E-state index contributed by atoms with van der Waals surface area (Å²) in [7, 11) is 4.06. The molecule has 6 nitrogen and oxygen atoms in total. The van der Waals surface area contributed by atoms with E-state index in [9.17, 15) is 14.7 Å². The molecule has 0 atom stereocenters. The monoisotopic (exact) mass is 487 g/mol. The average Bonchev–Trinajstić information content (AvgIpc) is 3.23. The third-order valence-electron chi connectivity index (χ3n) is 8.33. The SMILES string of the molecule is CN1CCC(N(C)C(=O)Cn2c(-c3ccccc3)c(C3CCCCC3)c3ccc(C(=O)O)cc32)CC1. The number of hydrogen-bond acceptors (Lipinski definition) is 3. The highest BCUT2D eigenvalue weighted by Crippen LogP contribution is 2.44. The minimum absolute atomic E-state index is 0.0783. The molecule has 2 heterocycles. The molecule has 1 N–H and O–H groups in total. The van der Waals surface area contributed by atoms with Crippen molar-refractivity contribution in [2.24, 2.45) is 0 Å². The standard InChI is InChI=1S/C30H37N3O3/c1-31-17-15-24(16-18-31)32(2)27(34)20-33-26-19-23(30(35)36)13-14-25(26)28(21-9-5-3-6-10-21)29(33)22-11-7-4-8-12-22/h4,7-8,11-14,19,21,24H,3,5-6,9-10,15-18,20H2,1-2H3,(H,35,36).